The van der Waals surface area contributed by atoms with E-state index in [1.165, 1.54) is 11.1 Å². The number of carbonyl (C=O) groups excluding carboxylic acids is 1. The van der Waals surface area contributed by atoms with Crippen LogP contribution >= 0.6 is 0 Å². The van der Waals surface area contributed by atoms with Crippen LogP contribution in [0.25, 0.3) is 16.7 Å². The summed E-state index contributed by atoms with van der Waals surface area (Å²) in [7, 11) is 0. The topological polar surface area (TPSA) is 69.0 Å². The number of carbonyl (C=O) groups is 1. The van der Waals surface area contributed by atoms with Crippen LogP contribution in [0.3, 0.4) is 0 Å². The number of hydrogen-bond acceptors (Lipinski definition) is 5. The van der Waals surface area contributed by atoms with Gasteiger partial charge in [0.2, 0.25) is 5.82 Å². The van der Waals surface area contributed by atoms with E-state index >= 15 is 0 Å². The van der Waals surface area contributed by atoms with Crippen LogP contribution in [0.4, 0.5) is 11.5 Å². The molecule has 2 aromatic carbocycles. The summed E-state index contributed by atoms with van der Waals surface area (Å²) in [4.78, 5) is 21.7. The van der Waals surface area contributed by atoms with Crippen LogP contribution in [0.15, 0.2) is 48.5 Å². The molecule has 0 amide bonds. The fraction of sp³-hybridized carbons (Fsp3) is 0.240. The van der Waals surface area contributed by atoms with Crippen LogP contribution in [0, 0.1) is 27.7 Å². The Balaban J connectivity index is 1.97. The van der Waals surface area contributed by atoms with Gasteiger partial charge in [0, 0.05) is 17.1 Å². The molecule has 0 saturated carbocycles. The monoisotopic (exact) mass is 414 g/mol. The lowest BCUT2D eigenvalue weighted by Crippen LogP contribution is -2.12. The Morgan fingerprint density at radius 3 is 2.42 bits per heavy atom. The molecule has 0 unspecified atom stereocenters. The smallest absolute Gasteiger partial charge is 0.376 e. The summed E-state index contributed by atoms with van der Waals surface area (Å²) < 4.78 is 7.25. The van der Waals surface area contributed by atoms with Crippen molar-refractivity contribution >= 4 is 28.5 Å². The zero-order chi connectivity index (χ0) is 22.1. The Kier molecular flexibility index (Phi) is 5.46. The third kappa shape index (κ3) is 3.77. The number of aromatic nitrogens is 3. The highest BCUT2D eigenvalue weighted by Crippen LogP contribution is 2.33. The second kappa shape index (κ2) is 8.22. The minimum absolute atomic E-state index is 0.0374. The molecule has 0 saturated heterocycles. The minimum atomic E-state index is -0.538. The average molecular weight is 415 g/mol. The highest BCUT2D eigenvalue weighted by atomic mass is 16.5. The normalized spacial score (nSPS) is 11.0. The molecular weight excluding hydrogens is 388 g/mol. The number of hydrogen-bond donors (Lipinski definition) is 1. The largest absolute Gasteiger partial charge is 0.460 e. The molecule has 0 radical (unpaired) electrons. The van der Waals surface area contributed by atoms with Crippen molar-refractivity contribution in [2.45, 2.75) is 34.6 Å². The number of ether oxygens (including phenoxy) is 1. The molecular formula is C25H26N4O2. The zero-order valence-corrected chi connectivity index (χ0v) is 18.5. The van der Waals surface area contributed by atoms with Gasteiger partial charge < -0.3 is 10.1 Å². The fourth-order valence-corrected chi connectivity index (χ4v) is 3.69. The van der Waals surface area contributed by atoms with E-state index in [9.17, 15) is 4.79 Å². The maximum Gasteiger partial charge on any atom is 0.376 e. The number of rotatable bonds is 5. The summed E-state index contributed by atoms with van der Waals surface area (Å²) >= 11 is 0. The predicted molar refractivity (Wildman–Crippen MR) is 123 cm³/mol. The Bertz CT molecular complexity index is 1280. The van der Waals surface area contributed by atoms with Gasteiger partial charge in [0.1, 0.15) is 5.82 Å². The first-order valence-corrected chi connectivity index (χ1v) is 10.4. The van der Waals surface area contributed by atoms with Crippen molar-refractivity contribution in [3.63, 3.8) is 0 Å². The summed E-state index contributed by atoms with van der Waals surface area (Å²) in [5.41, 5.74) is 7.04. The Morgan fingerprint density at radius 1 is 1.00 bits per heavy atom. The lowest BCUT2D eigenvalue weighted by atomic mass is 10.1. The highest BCUT2D eigenvalue weighted by molar-refractivity contribution is 5.98. The van der Waals surface area contributed by atoms with Crippen molar-refractivity contribution in [1.29, 1.82) is 0 Å². The summed E-state index contributed by atoms with van der Waals surface area (Å²) in [5, 5.41) is 4.30. The summed E-state index contributed by atoms with van der Waals surface area (Å²) in [6.07, 6.45) is 0. The van der Waals surface area contributed by atoms with Crippen LogP contribution < -0.4 is 5.32 Å². The van der Waals surface area contributed by atoms with Crippen molar-refractivity contribution in [1.82, 2.24) is 14.5 Å². The molecule has 2 heterocycles. The van der Waals surface area contributed by atoms with Gasteiger partial charge in [0.15, 0.2) is 5.65 Å². The number of nitrogens with one attached hydrogen (secondary N) is 1. The molecule has 158 valence electrons. The first kappa shape index (κ1) is 20.6. The van der Waals surface area contributed by atoms with Gasteiger partial charge in [-0.2, -0.15) is 0 Å². The molecule has 6 heteroatoms. The molecule has 0 aliphatic rings. The number of nitrogens with zero attached hydrogens (tertiary/aromatic N) is 3. The van der Waals surface area contributed by atoms with Gasteiger partial charge >= 0.3 is 5.97 Å². The van der Waals surface area contributed by atoms with Crippen LogP contribution in [0.1, 0.15) is 39.9 Å². The lowest BCUT2D eigenvalue weighted by Gasteiger charge is -2.12. The molecule has 4 aromatic rings. The lowest BCUT2D eigenvalue weighted by molar-refractivity contribution is 0.0512. The van der Waals surface area contributed by atoms with Crippen LogP contribution in [-0.4, -0.2) is 27.1 Å². The van der Waals surface area contributed by atoms with Gasteiger partial charge in [-0.25, -0.2) is 14.8 Å². The summed E-state index contributed by atoms with van der Waals surface area (Å²) in [6.45, 7) is 10.3. The molecule has 6 nitrogen and oxygen atoms in total. The van der Waals surface area contributed by atoms with Gasteiger partial charge in [-0.3, -0.25) is 4.57 Å². The number of anilines is 2. The summed E-state index contributed by atoms with van der Waals surface area (Å²) in [6, 6.07) is 16.1. The third-order valence-corrected chi connectivity index (χ3v) is 5.60. The van der Waals surface area contributed by atoms with Crippen molar-refractivity contribution in [2.75, 3.05) is 11.9 Å². The number of aryl methyl sites for hydroxylation is 3. The molecule has 31 heavy (non-hydrogen) atoms. The number of benzene rings is 2. The Hall–Kier alpha value is -3.67. The van der Waals surface area contributed by atoms with E-state index in [2.05, 4.69) is 52.8 Å². The molecule has 0 aliphatic heterocycles. The highest BCUT2D eigenvalue weighted by Gasteiger charge is 2.22. The Morgan fingerprint density at radius 2 is 1.74 bits per heavy atom. The maximum absolute atomic E-state index is 12.5. The van der Waals surface area contributed by atoms with Gasteiger partial charge in [-0.15, -0.1) is 0 Å². The van der Waals surface area contributed by atoms with Gasteiger partial charge in [0.25, 0.3) is 0 Å². The van der Waals surface area contributed by atoms with E-state index in [0.717, 1.165) is 28.0 Å². The second-order valence-corrected chi connectivity index (χ2v) is 7.62. The second-order valence-electron chi connectivity index (χ2n) is 7.62. The molecule has 0 spiro atoms. The van der Waals surface area contributed by atoms with Crippen molar-refractivity contribution in [3.05, 3.63) is 76.7 Å². The molecule has 0 atom stereocenters. The SMILES string of the molecule is CCOC(=O)c1nc(Nc2ccc(C)c(C)c2)c2c(C)c(C)n(-c3ccccc3)c2n1. The first-order valence-electron chi connectivity index (χ1n) is 10.4. The van der Waals surface area contributed by atoms with Crippen molar-refractivity contribution in [3.8, 4) is 5.69 Å². The van der Waals surface area contributed by atoms with Crippen LogP contribution in [0.5, 0.6) is 0 Å². The zero-order valence-electron chi connectivity index (χ0n) is 18.5. The number of esters is 1. The van der Waals surface area contributed by atoms with E-state index < -0.39 is 5.97 Å². The fourth-order valence-electron chi connectivity index (χ4n) is 3.69. The number of fused-ring (bicyclic) bond motifs is 1. The molecule has 0 fully saturated rings. The standard InChI is InChI=1S/C25H26N4O2/c1-6-31-25(30)23-27-22(26-19-13-12-15(2)16(3)14-19)21-17(4)18(5)29(24(21)28-23)20-10-8-7-9-11-20/h7-14H,6H2,1-5H3,(H,26,27,28). The van der Waals surface area contributed by atoms with E-state index in [-0.39, 0.29) is 12.4 Å². The number of para-hydroxylation sites is 1. The van der Waals surface area contributed by atoms with Crippen LogP contribution in [-0.2, 0) is 4.74 Å². The van der Waals surface area contributed by atoms with Gasteiger partial charge in [-0.05, 0) is 75.6 Å². The Labute approximate surface area is 181 Å². The average Bonchev–Trinajstić information content (AvgIpc) is 3.02. The van der Waals surface area contributed by atoms with Crippen molar-refractivity contribution in [2.24, 2.45) is 0 Å². The van der Waals surface area contributed by atoms with E-state index in [1.807, 2.05) is 43.3 Å². The first-order chi connectivity index (χ1) is 14.9. The van der Waals surface area contributed by atoms with Gasteiger partial charge in [-0.1, -0.05) is 24.3 Å². The molecule has 0 bridgehead atoms. The van der Waals surface area contributed by atoms with Crippen molar-refractivity contribution < 1.29 is 9.53 Å². The van der Waals surface area contributed by atoms with E-state index in [4.69, 9.17) is 4.74 Å². The maximum atomic E-state index is 12.5. The third-order valence-electron chi connectivity index (χ3n) is 5.60. The van der Waals surface area contributed by atoms with E-state index in [0.29, 0.717) is 11.5 Å². The van der Waals surface area contributed by atoms with E-state index in [1.54, 1.807) is 6.92 Å². The molecule has 1 N–H and O–H groups in total. The molecule has 2 aromatic heterocycles. The molecule has 0 aliphatic carbocycles. The quantitative estimate of drug-likeness (QED) is 0.432. The predicted octanol–water partition coefficient (Wildman–Crippen LogP) is 5.57. The minimum Gasteiger partial charge on any atom is -0.460 e. The van der Waals surface area contributed by atoms with Crippen LogP contribution in [0.2, 0.25) is 0 Å². The molecule has 4 rings (SSSR count). The van der Waals surface area contributed by atoms with Gasteiger partial charge in [0.05, 0.1) is 12.0 Å². The summed E-state index contributed by atoms with van der Waals surface area (Å²) in [5.74, 6) is 0.0885.